The van der Waals surface area contributed by atoms with E-state index in [2.05, 4.69) is 275 Å². The molecule has 0 unspecified atom stereocenters. The Hall–Kier alpha value is -9.25. The van der Waals surface area contributed by atoms with Crippen molar-refractivity contribution in [2.24, 2.45) is 0 Å². The number of fused-ring (bicyclic) bond motifs is 6. The van der Waals surface area contributed by atoms with Crippen LogP contribution < -0.4 is 4.90 Å². The van der Waals surface area contributed by atoms with Gasteiger partial charge in [0.25, 0.3) is 0 Å². The lowest BCUT2D eigenvalue weighted by Gasteiger charge is -2.24. The van der Waals surface area contributed by atoms with Gasteiger partial charge < -0.3 is 9.13 Å². The molecule has 4 heteroatoms. The summed E-state index contributed by atoms with van der Waals surface area (Å²) in [5.74, 6) is 0.842. The zero-order valence-corrected chi connectivity index (χ0v) is 37.7. The van der Waals surface area contributed by atoms with Gasteiger partial charge in [0, 0.05) is 56.1 Å². The Bertz CT molecular complexity index is 3790. The monoisotopic (exact) mass is 880 g/mol. The molecule has 0 atom stereocenters. The number of nitrogens with zero attached hydrogens (tertiary/aromatic N) is 4. The summed E-state index contributed by atoms with van der Waals surface area (Å²) in [6.45, 7) is 0. The van der Waals surface area contributed by atoms with E-state index >= 15 is 0 Å². The minimum atomic E-state index is 0.842. The van der Waals surface area contributed by atoms with Crippen LogP contribution in [0, 0.1) is 0 Å². The predicted molar refractivity (Wildman–Crippen MR) is 289 cm³/mol. The van der Waals surface area contributed by atoms with Gasteiger partial charge in [-0.15, -0.1) is 0 Å². The predicted octanol–water partition coefficient (Wildman–Crippen LogP) is 17.4. The molecule has 324 valence electrons. The van der Waals surface area contributed by atoms with Gasteiger partial charge in [-0.1, -0.05) is 146 Å². The van der Waals surface area contributed by atoms with E-state index in [-0.39, 0.29) is 0 Å². The number of hydrogen-bond donors (Lipinski definition) is 0. The van der Waals surface area contributed by atoms with Crippen LogP contribution >= 0.6 is 0 Å². The first-order valence-electron chi connectivity index (χ1n) is 23.5. The third-order valence-corrected chi connectivity index (χ3v) is 13.5. The minimum absolute atomic E-state index is 0.842. The summed E-state index contributed by atoms with van der Waals surface area (Å²) in [4.78, 5) is 7.45. The van der Waals surface area contributed by atoms with Gasteiger partial charge in [0.2, 0.25) is 0 Å². The van der Waals surface area contributed by atoms with E-state index in [0.29, 0.717) is 0 Å². The second kappa shape index (κ2) is 16.9. The average Bonchev–Trinajstić information content (AvgIpc) is 3.94. The lowest BCUT2D eigenvalue weighted by atomic mass is 9.92. The molecular weight excluding hydrogens is 837 g/mol. The Labute approximate surface area is 400 Å². The summed E-state index contributed by atoms with van der Waals surface area (Å²) in [5, 5.41) is 4.90. The van der Waals surface area contributed by atoms with Crippen LogP contribution in [0.4, 0.5) is 17.2 Å². The lowest BCUT2D eigenvalue weighted by molar-refractivity contribution is 1.18. The summed E-state index contributed by atoms with van der Waals surface area (Å²) in [5.41, 5.74) is 18.2. The van der Waals surface area contributed by atoms with Crippen molar-refractivity contribution in [2.75, 3.05) is 4.90 Å². The Balaban J connectivity index is 0.961. The van der Waals surface area contributed by atoms with Crippen LogP contribution in [-0.2, 0) is 0 Å². The molecule has 0 N–H and O–H groups in total. The highest BCUT2D eigenvalue weighted by Gasteiger charge is 2.18. The van der Waals surface area contributed by atoms with Crippen molar-refractivity contribution >= 4 is 60.8 Å². The summed E-state index contributed by atoms with van der Waals surface area (Å²) in [7, 11) is 0. The summed E-state index contributed by atoms with van der Waals surface area (Å²) in [6.07, 6.45) is 2.03. The second-order valence-electron chi connectivity index (χ2n) is 17.6. The highest BCUT2D eigenvalue weighted by Crippen LogP contribution is 2.41. The van der Waals surface area contributed by atoms with Crippen molar-refractivity contribution in [3.8, 4) is 55.9 Å². The number of para-hydroxylation sites is 5. The van der Waals surface area contributed by atoms with E-state index < -0.39 is 0 Å². The number of pyridine rings is 1. The molecule has 69 heavy (non-hydrogen) atoms. The molecule has 0 saturated carbocycles. The van der Waals surface area contributed by atoms with Gasteiger partial charge in [0.15, 0.2) is 0 Å². The Morgan fingerprint density at radius 3 is 1.16 bits per heavy atom. The maximum Gasteiger partial charge on any atom is 0.137 e. The molecule has 13 aromatic rings. The van der Waals surface area contributed by atoms with Gasteiger partial charge in [0.05, 0.1) is 22.1 Å². The van der Waals surface area contributed by atoms with Gasteiger partial charge in [-0.05, 0) is 154 Å². The first-order valence-corrected chi connectivity index (χ1v) is 23.5. The molecule has 0 aliphatic rings. The van der Waals surface area contributed by atoms with E-state index in [1.54, 1.807) is 0 Å². The average molecular weight is 881 g/mol. The quantitative estimate of drug-likeness (QED) is 0.144. The fourth-order valence-corrected chi connectivity index (χ4v) is 10.3. The molecule has 3 aromatic heterocycles. The Kier molecular flexibility index (Phi) is 9.80. The van der Waals surface area contributed by atoms with Crippen LogP contribution in [0.25, 0.3) is 99.5 Å². The highest BCUT2D eigenvalue weighted by molar-refractivity contribution is 6.12. The van der Waals surface area contributed by atoms with Crippen molar-refractivity contribution in [3.05, 3.63) is 267 Å². The fourth-order valence-electron chi connectivity index (χ4n) is 10.3. The van der Waals surface area contributed by atoms with Crippen LogP contribution in [0.1, 0.15) is 0 Å². The topological polar surface area (TPSA) is 26.0 Å². The van der Waals surface area contributed by atoms with Crippen molar-refractivity contribution < 1.29 is 0 Å². The molecule has 0 fully saturated rings. The number of rotatable bonds is 9. The molecule has 13 rings (SSSR count). The van der Waals surface area contributed by atoms with Crippen molar-refractivity contribution in [1.82, 2.24) is 14.1 Å². The largest absolute Gasteiger partial charge is 0.309 e. The summed E-state index contributed by atoms with van der Waals surface area (Å²) in [6, 6.07) is 93.8. The number of anilines is 3. The molecule has 0 aliphatic heterocycles. The first kappa shape index (κ1) is 40.1. The molecule has 0 amide bonds. The van der Waals surface area contributed by atoms with Crippen molar-refractivity contribution in [2.45, 2.75) is 0 Å². The number of benzene rings is 10. The molecule has 0 spiro atoms. The zero-order chi connectivity index (χ0) is 45.7. The standard InChI is InChI=1S/C65H44N4/c1-5-17-45(18-6-1)46-29-34-56(35-30-46)67(53-19-7-2-8-20-53)65-38-33-49(44-66-65)52-40-50(47-31-36-63-59(42-47)57-25-13-15-27-61(57)68(63)54-21-9-3-10-22-54)39-51(41-52)48-32-37-64-60(43-48)58-26-14-16-28-62(58)69(64)55-23-11-4-12-24-55/h1-44H. The van der Waals surface area contributed by atoms with E-state index in [0.717, 1.165) is 61.9 Å². The van der Waals surface area contributed by atoms with Crippen LogP contribution in [0.2, 0.25) is 0 Å². The Morgan fingerprint density at radius 2 is 0.652 bits per heavy atom. The van der Waals surface area contributed by atoms with Gasteiger partial charge in [-0.2, -0.15) is 0 Å². The summed E-state index contributed by atoms with van der Waals surface area (Å²) >= 11 is 0. The zero-order valence-electron chi connectivity index (χ0n) is 37.7. The summed E-state index contributed by atoms with van der Waals surface area (Å²) < 4.78 is 4.75. The molecular formula is C65H44N4. The smallest absolute Gasteiger partial charge is 0.137 e. The third kappa shape index (κ3) is 7.14. The molecule has 0 radical (unpaired) electrons. The SMILES string of the molecule is c1ccc(-c2ccc(N(c3ccccc3)c3ccc(-c4cc(-c5ccc6c(c5)c5ccccc5n6-c5ccccc5)cc(-c5ccc6c(c5)c5ccccc5n6-c5ccccc5)c4)cn3)cc2)cc1. The third-order valence-electron chi connectivity index (χ3n) is 13.5. The maximum atomic E-state index is 5.23. The number of aromatic nitrogens is 3. The molecule has 10 aromatic carbocycles. The van der Waals surface area contributed by atoms with E-state index in [4.69, 9.17) is 4.98 Å². The molecule has 4 nitrogen and oxygen atoms in total. The van der Waals surface area contributed by atoms with Crippen LogP contribution in [0.15, 0.2) is 267 Å². The van der Waals surface area contributed by atoms with Crippen molar-refractivity contribution in [3.63, 3.8) is 0 Å². The second-order valence-corrected chi connectivity index (χ2v) is 17.6. The van der Waals surface area contributed by atoms with Gasteiger partial charge in [-0.25, -0.2) is 4.98 Å². The van der Waals surface area contributed by atoms with Crippen LogP contribution in [-0.4, -0.2) is 14.1 Å². The van der Waals surface area contributed by atoms with Gasteiger partial charge in [-0.3, -0.25) is 4.90 Å². The fraction of sp³-hybridized carbons (Fsp3) is 0. The minimum Gasteiger partial charge on any atom is -0.309 e. The first-order chi connectivity index (χ1) is 34.2. The molecule has 0 aliphatic carbocycles. The normalized spacial score (nSPS) is 11.5. The maximum absolute atomic E-state index is 5.23. The van der Waals surface area contributed by atoms with Crippen molar-refractivity contribution in [1.29, 1.82) is 0 Å². The van der Waals surface area contributed by atoms with Gasteiger partial charge in [0.1, 0.15) is 5.82 Å². The van der Waals surface area contributed by atoms with E-state index in [1.165, 1.54) is 54.7 Å². The number of hydrogen-bond acceptors (Lipinski definition) is 2. The van der Waals surface area contributed by atoms with Crippen LogP contribution in [0.3, 0.4) is 0 Å². The van der Waals surface area contributed by atoms with Gasteiger partial charge >= 0.3 is 0 Å². The van der Waals surface area contributed by atoms with E-state index in [1.807, 2.05) is 6.20 Å². The molecule has 3 heterocycles. The molecule has 0 saturated heterocycles. The highest BCUT2D eigenvalue weighted by atomic mass is 15.2. The lowest BCUT2D eigenvalue weighted by Crippen LogP contribution is -2.11. The molecule has 0 bridgehead atoms. The van der Waals surface area contributed by atoms with Crippen LogP contribution in [0.5, 0.6) is 0 Å². The Morgan fingerprint density at radius 1 is 0.261 bits per heavy atom. The van der Waals surface area contributed by atoms with E-state index in [9.17, 15) is 0 Å².